The van der Waals surface area contributed by atoms with E-state index in [4.69, 9.17) is 0 Å². The molecule has 0 aromatic carbocycles. The van der Waals surface area contributed by atoms with Crippen molar-refractivity contribution in [2.75, 3.05) is 6.54 Å². The lowest BCUT2D eigenvalue weighted by molar-refractivity contribution is -0.125. The van der Waals surface area contributed by atoms with E-state index < -0.39 is 12.7 Å². The quantitative estimate of drug-likeness (QED) is 0.701. The van der Waals surface area contributed by atoms with E-state index >= 15 is 0 Å². The Kier molecular flexibility index (Phi) is 2.99. The Labute approximate surface area is 70.3 Å². The second kappa shape index (κ2) is 3.64. The zero-order valence-electron chi connectivity index (χ0n) is 7.12. The molecule has 2 atom stereocenters. The Morgan fingerprint density at radius 1 is 1.42 bits per heavy atom. The molecule has 0 radical (unpaired) electrons. The van der Waals surface area contributed by atoms with E-state index in [1.54, 1.807) is 0 Å². The molecular weight excluding hydrogens is 167 g/mol. The van der Waals surface area contributed by atoms with Crippen molar-refractivity contribution in [3.8, 4) is 0 Å². The van der Waals surface area contributed by atoms with Gasteiger partial charge in [-0.2, -0.15) is 13.2 Å². The molecule has 2 unspecified atom stereocenters. The summed E-state index contributed by atoms with van der Waals surface area (Å²) in [6.45, 7) is 1.22. The van der Waals surface area contributed by atoms with Gasteiger partial charge in [0.05, 0.1) is 6.54 Å². The first-order chi connectivity index (χ1) is 5.53. The SMILES string of the molecule is CCCC1CC1NCC(F)(F)F. The van der Waals surface area contributed by atoms with Gasteiger partial charge < -0.3 is 5.32 Å². The summed E-state index contributed by atoms with van der Waals surface area (Å²) in [6.07, 6.45) is -1.02. The van der Waals surface area contributed by atoms with Crippen molar-refractivity contribution >= 4 is 0 Å². The molecule has 1 aliphatic rings. The van der Waals surface area contributed by atoms with Crippen LogP contribution in [0.3, 0.4) is 0 Å². The minimum atomic E-state index is -4.06. The second-order valence-electron chi connectivity index (χ2n) is 3.39. The van der Waals surface area contributed by atoms with Gasteiger partial charge in [0.1, 0.15) is 0 Å². The van der Waals surface area contributed by atoms with Crippen LogP contribution in [0, 0.1) is 5.92 Å². The van der Waals surface area contributed by atoms with Crippen LogP contribution in [0.4, 0.5) is 13.2 Å². The van der Waals surface area contributed by atoms with Gasteiger partial charge in [-0.15, -0.1) is 0 Å². The fraction of sp³-hybridized carbons (Fsp3) is 1.00. The van der Waals surface area contributed by atoms with E-state index in [1.807, 2.05) is 0 Å². The first-order valence-electron chi connectivity index (χ1n) is 4.33. The molecule has 0 aliphatic heterocycles. The smallest absolute Gasteiger partial charge is 0.306 e. The number of nitrogens with one attached hydrogen (secondary N) is 1. The van der Waals surface area contributed by atoms with E-state index in [1.165, 1.54) is 0 Å². The normalized spacial score (nSPS) is 29.0. The van der Waals surface area contributed by atoms with E-state index in [2.05, 4.69) is 12.2 Å². The van der Waals surface area contributed by atoms with Crippen molar-refractivity contribution < 1.29 is 13.2 Å². The highest BCUT2D eigenvalue weighted by Gasteiger charge is 2.38. The fourth-order valence-electron chi connectivity index (χ4n) is 1.43. The number of hydrogen-bond acceptors (Lipinski definition) is 1. The average molecular weight is 181 g/mol. The fourth-order valence-corrected chi connectivity index (χ4v) is 1.43. The first-order valence-corrected chi connectivity index (χ1v) is 4.33. The average Bonchev–Trinajstić information content (AvgIpc) is 2.63. The predicted molar refractivity (Wildman–Crippen MR) is 40.9 cm³/mol. The Morgan fingerprint density at radius 2 is 2.08 bits per heavy atom. The Balaban J connectivity index is 2.04. The summed E-state index contributed by atoms with van der Waals surface area (Å²) in [5, 5.41) is 2.51. The van der Waals surface area contributed by atoms with Gasteiger partial charge in [0.2, 0.25) is 0 Å². The third-order valence-corrected chi connectivity index (χ3v) is 2.15. The standard InChI is InChI=1S/C8H14F3N/c1-2-3-6-4-7(6)12-5-8(9,10)11/h6-7,12H,2-5H2,1H3. The molecule has 0 spiro atoms. The van der Waals surface area contributed by atoms with E-state index in [9.17, 15) is 13.2 Å². The molecule has 1 nitrogen and oxygen atoms in total. The van der Waals surface area contributed by atoms with Crippen molar-refractivity contribution in [1.29, 1.82) is 0 Å². The molecule has 12 heavy (non-hydrogen) atoms. The van der Waals surface area contributed by atoms with Crippen molar-refractivity contribution in [2.45, 2.75) is 38.4 Å². The van der Waals surface area contributed by atoms with Gasteiger partial charge in [0, 0.05) is 6.04 Å². The number of halogens is 3. The number of rotatable bonds is 4. The lowest BCUT2D eigenvalue weighted by Gasteiger charge is -2.07. The van der Waals surface area contributed by atoms with Crippen molar-refractivity contribution in [3.05, 3.63) is 0 Å². The zero-order chi connectivity index (χ0) is 9.19. The molecule has 4 heteroatoms. The van der Waals surface area contributed by atoms with Gasteiger partial charge in [-0.25, -0.2) is 0 Å². The van der Waals surface area contributed by atoms with Gasteiger partial charge in [-0.3, -0.25) is 0 Å². The largest absolute Gasteiger partial charge is 0.401 e. The number of hydrogen-bond donors (Lipinski definition) is 1. The summed E-state index contributed by atoms with van der Waals surface area (Å²) in [7, 11) is 0. The Bertz CT molecular complexity index is 144. The Morgan fingerprint density at radius 3 is 2.58 bits per heavy atom. The highest BCUT2D eigenvalue weighted by Crippen LogP contribution is 2.34. The second-order valence-corrected chi connectivity index (χ2v) is 3.39. The monoisotopic (exact) mass is 181 g/mol. The summed E-state index contributed by atoms with van der Waals surface area (Å²) >= 11 is 0. The van der Waals surface area contributed by atoms with Crippen LogP contribution in [-0.2, 0) is 0 Å². The molecular formula is C8H14F3N. The molecule has 1 fully saturated rings. The van der Waals surface area contributed by atoms with Crippen LogP contribution >= 0.6 is 0 Å². The van der Waals surface area contributed by atoms with Crippen molar-refractivity contribution in [3.63, 3.8) is 0 Å². The van der Waals surface area contributed by atoms with E-state index in [0.29, 0.717) is 5.92 Å². The van der Waals surface area contributed by atoms with Gasteiger partial charge in [0.25, 0.3) is 0 Å². The molecule has 1 saturated carbocycles. The Hall–Kier alpha value is -0.250. The van der Waals surface area contributed by atoms with Gasteiger partial charge in [-0.1, -0.05) is 13.3 Å². The lowest BCUT2D eigenvalue weighted by Crippen LogP contribution is -2.31. The molecule has 1 aliphatic carbocycles. The maximum Gasteiger partial charge on any atom is 0.401 e. The molecule has 72 valence electrons. The molecule has 1 N–H and O–H groups in total. The minimum Gasteiger partial charge on any atom is -0.306 e. The topological polar surface area (TPSA) is 12.0 Å². The highest BCUT2D eigenvalue weighted by molar-refractivity contribution is 4.92. The molecule has 0 amide bonds. The van der Waals surface area contributed by atoms with Crippen LogP contribution in [0.5, 0.6) is 0 Å². The first kappa shape index (κ1) is 9.84. The summed E-state index contributed by atoms with van der Waals surface area (Å²) in [4.78, 5) is 0. The summed E-state index contributed by atoms with van der Waals surface area (Å²) in [5.74, 6) is 0.498. The third kappa shape index (κ3) is 3.43. The van der Waals surface area contributed by atoms with Crippen LogP contribution in [-0.4, -0.2) is 18.8 Å². The summed E-state index contributed by atoms with van der Waals surface area (Å²) in [5.41, 5.74) is 0. The summed E-state index contributed by atoms with van der Waals surface area (Å²) < 4.78 is 35.1. The third-order valence-electron chi connectivity index (χ3n) is 2.15. The molecule has 1 rings (SSSR count). The van der Waals surface area contributed by atoms with Crippen LogP contribution in [0.25, 0.3) is 0 Å². The van der Waals surface area contributed by atoms with Gasteiger partial charge >= 0.3 is 6.18 Å². The maximum atomic E-state index is 11.7. The minimum absolute atomic E-state index is 0.131. The molecule has 0 aromatic rings. The van der Waals surface area contributed by atoms with Crippen LogP contribution in [0.15, 0.2) is 0 Å². The molecule has 0 bridgehead atoms. The van der Waals surface area contributed by atoms with E-state index in [-0.39, 0.29) is 6.04 Å². The summed E-state index contributed by atoms with van der Waals surface area (Å²) in [6, 6.07) is 0.131. The molecule has 0 heterocycles. The van der Waals surface area contributed by atoms with E-state index in [0.717, 1.165) is 19.3 Å². The van der Waals surface area contributed by atoms with Crippen molar-refractivity contribution in [1.82, 2.24) is 5.32 Å². The molecule has 0 saturated heterocycles. The number of alkyl halides is 3. The highest BCUT2D eigenvalue weighted by atomic mass is 19.4. The molecule has 0 aromatic heterocycles. The van der Waals surface area contributed by atoms with Crippen molar-refractivity contribution in [2.24, 2.45) is 5.92 Å². The zero-order valence-corrected chi connectivity index (χ0v) is 7.12. The maximum absolute atomic E-state index is 11.7. The van der Waals surface area contributed by atoms with Crippen LogP contribution in [0.2, 0.25) is 0 Å². The van der Waals surface area contributed by atoms with Gasteiger partial charge in [-0.05, 0) is 18.8 Å². The van der Waals surface area contributed by atoms with Crippen LogP contribution in [0.1, 0.15) is 26.2 Å². The lowest BCUT2D eigenvalue weighted by atomic mass is 10.2. The van der Waals surface area contributed by atoms with Crippen LogP contribution < -0.4 is 5.32 Å². The predicted octanol–water partition coefficient (Wildman–Crippen LogP) is 2.33. The van der Waals surface area contributed by atoms with Gasteiger partial charge in [0.15, 0.2) is 0 Å².